The molecule has 1 aromatic rings. The number of carbonyl (C=O) groups excluding carboxylic acids is 1. The van der Waals surface area contributed by atoms with Crippen LogP contribution in [0.25, 0.3) is 0 Å². The zero-order valence-electron chi connectivity index (χ0n) is 8.86. The second kappa shape index (κ2) is 6.35. The second-order valence-electron chi connectivity index (χ2n) is 2.77. The summed E-state index contributed by atoms with van der Waals surface area (Å²) in [5.41, 5.74) is 0. The predicted octanol–water partition coefficient (Wildman–Crippen LogP) is 2.35. The molecule has 0 N–H and O–H groups in total. The Bertz CT molecular complexity index is 308. The van der Waals surface area contributed by atoms with Crippen LogP contribution in [0.2, 0.25) is 0 Å². The fraction of sp³-hybridized carbons (Fsp3) is 0.364. The Morgan fingerprint density at radius 3 is 2.53 bits per heavy atom. The van der Waals surface area contributed by atoms with Gasteiger partial charge in [-0.15, -0.1) is 11.8 Å². The first-order valence-corrected chi connectivity index (χ1v) is 5.91. The number of thioether (sulfide) groups is 1. The van der Waals surface area contributed by atoms with Crippen LogP contribution in [-0.2, 0) is 9.53 Å². The van der Waals surface area contributed by atoms with Crippen molar-refractivity contribution in [2.75, 3.05) is 19.5 Å². The van der Waals surface area contributed by atoms with E-state index in [1.807, 2.05) is 30.5 Å². The Kier molecular flexibility index (Phi) is 5.04. The highest BCUT2D eigenvalue weighted by Crippen LogP contribution is 2.18. The minimum Gasteiger partial charge on any atom is -0.482 e. The van der Waals surface area contributed by atoms with Crippen molar-refractivity contribution in [3.63, 3.8) is 0 Å². The van der Waals surface area contributed by atoms with Crippen molar-refractivity contribution < 1.29 is 14.3 Å². The van der Waals surface area contributed by atoms with E-state index in [0.29, 0.717) is 12.4 Å². The van der Waals surface area contributed by atoms with E-state index >= 15 is 0 Å². The van der Waals surface area contributed by atoms with E-state index in [0.717, 1.165) is 0 Å². The minimum absolute atomic E-state index is 0.0353. The first-order chi connectivity index (χ1) is 7.26. The molecule has 0 aliphatic rings. The van der Waals surface area contributed by atoms with E-state index in [-0.39, 0.29) is 12.6 Å². The van der Waals surface area contributed by atoms with Gasteiger partial charge < -0.3 is 9.47 Å². The molecule has 0 aromatic heterocycles. The predicted molar refractivity (Wildman–Crippen MR) is 60.4 cm³/mol. The second-order valence-corrected chi connectivity index (χ2v) is 3.65. The topological polar surface area (TPSA) is 35.5 Å². The Balaban J connectivity index is 2.40. The molecule has 15 heavy (non-hydrogen) atoms. The SMILES string of the molecule is CCOC(=O)COc1ccc(SC)cc1. The van der Waals surface area contributed by atoms with Crippen molar-refractivity contribution in [1.82, 2.24) is 0 Å². The number of hydrogen-bond acceptors (Lipinski definition) is 4. The Morgan fingerprint density at radius 1 is 1.33 bits per heavy atom. The first-order valence-electron chi connectivity index (χ1n) is 4.68. The maximum Gasteiger partial charge on any atom is 0.344 e. The Labute approximate surface area is 93.8 Å². The summed E-state index contributed by atoms with van der Waals surface area (Å²) in [7, 11) is 0. The van der Waals surface area contributed by atoms with E-state index < -0.39 is 0 Å². The average molecular weight is 226 g/mol. The van der Waals surface area contributed by atoms with Crippen molar-refractivity contribution >= 4 is 17.7 Å². The fourth-order valence-electron chi connectivity index (χ4n) is 1.02. The Morgan fingerprint density at radius 2 is 2.00 bits per heavy atom. The van der Waals surface area contributed by atoms with Gasteiger partial charge in [0.2, 0.25) is 0 Å². The quantitative estimate of drug-likeness (QED) is 0.570. The molecule has 0 saturated heterocycles. The van der Waals surface area contributed by atoms with Gasteiger partial charge in [-0.05, 0) is 37.4 Å². The standard InChI is InChI=1S/C11H14O3S/c1-3-13-11(12)8-14-9-4-6-10(15-2)7-5-9/h4-7H,3,8H2,1-2H3. The molecular weight excluding hydrogens is 212 g/mol. The third-order valence-corrected chi connectivity index (χ3v) is 2.47. The molecule has 82 valence electrons. The smallest absolute Gasteiger partial charge is 0.344 e. The summed E-state index contributed by atoms with van der Waals surface area (Å²) in [6, 6.07) is 7.58. The summed E-state index contributed by atoms with van der Waals surface area (Å²) in [6.45, 7) is 2.12. The molecule has 4 heteroatoms. The Hall–Kier alpha value is -1.16. The first kappa shape index (κ1) is 11.9. The molecule has 0 radical (unpaired) electrons. The third kappa shape index (κ3) is 4.25. The number of hydrogen-bond donors (Lipinski definition) is 0. The summed E-state index contributed by atoms with van der Waals surface area (Å²) >= 11 is 1.66. The molecule has 0 heterocycles. The summed E-state index contributed by atoms with van der Waals surface area (Å²) in [5, 5.41) is 0. The maximum atomic E-state index is 11.0. The van der Waals surface area contributed by atoms with Crippen LogP contribution in [0, 0.1) is 0 Å². The molecule has 0 bridgehead atoms. The summed E-state index contributed by atoms with van der Waals surface area (Å²) in [4.78, 5) is 12.2. The van der Waals surface area contributed by atoms with Gasteiger partial charge in [-0.2, -0.15) is 0 Å². The molecular formula is C11H14O3S. The third-order valence-electron chi connectivity index (χ3n) is 1.72. The van der Waals surface area contributed by atoms with Crippen LogP contribution < -0.4 is 4.74 Å². The molecule has 0 saturated carbocycles. The van der Waals surface area contributed by atoms with Crippen molar-refractivity contribution in [3.8, 4) is 5.75 Å². The molecule has 0 atom stereocenters. The van der Waals surface area contributed by atoms with Crippen LogP contribution in [0.4, 0.5) is 0 Å². The number of ether oxygens (including phenoxy) is 2. The number of esters is 1. The van der Waals surface area contributed by atoms with Crippen molar-refractivity contribution in [3.05, 3.63) is 24.3 Å². The monoisotopic (exact) mass is 226 g/mol. The highest BCUT2D eigenvalue weighted by atomic mass is 32.2. The summed E-state index contributed by atoms with van der Waals surface area (Å²) in [5.74, 6) is 0.340. The van der Waals surface area contributed by atoms with Crippen LogP contribution in [0.3, 0.4) is 0 Å². The van der Waals surface area contributed by atoms with Crippen LogP contribution in [-0.4, -0.2) is 25.4 Å². The van der Waals surface area contributed by atoms with E-state index in [9.17, 15) is 4.79 Å². The molecule has 0 spiro atoms. The van der Waals surface area contributed by atoms with Gasteiger partial charge in [-0.25, -0.2) is 4.79 Å². The molecule has 3 nitrogen and oxygen atoms in total. The van der Waals surface area contributed by atoms with Gasteiger partial charge in [-0.3, -0.25) is 0 Å². The van der Waals surface area contributed by atoms with E-state index in [1.54, 1.807) is 18.7 Å². The van der Waals surface area contributed by atoms with Gasteiger partial charge in [0.1, 0.15) is 5.75 Å². The van der Waals surface area contributed by atoms with Gasteiger partial charge in [0.25, 0.3) is 0 Å². The fourth-order valence-corrected chi connectivity index (χ4v) is 1.43. The number of benzene rings is 1. The normalized spacial score (nSPS) is 9.73. The van der Waals surface area contributed by atoms with Gasteiger partial charge in [0.05, 0.1) is 6.61 Å². The lowest BCUT2D eigenvalue weighted by Crippen LogP contribution is -2.14. The molecule has 1 rings (SSSR count). The molecule has 0 aliphatic carbocycles. The average Bonchev–Trinajstić information content (AvgIpc) is 2.27. The van der Waals surface area contributed by atoms with Gasteiger partial charge >= 0.3 is 5.97 Å². The molecule has 0 amide bonds. The maximum absolute atomic E-state index is 11.0. The number of carbonyl (C=O) groups is 1. The number of rotatable bonds is 5. The minimum atomic E-state index is -0.341. The van der Waals surface area contributed by atoms with E-state index in [4.69, 9.17) is 9.47 Å². The van der Waals surface area contributed by atoms with E-state index in [2.05, 4.69) is 0 Å². The lowest BCUT2D eigenvalue weighted by Gasteiger charge is -2.05. The van der Waals surface area contributed by atoms with Crippen molar-refractivity contribution in [2.45, 2.75) is 11.8 Å². The van der Waals surface area contributed by atoms with Crippen molar-refractivity contribution in [1.29, 1.82) is 0 Å². The highest BCUT2D eigenvalue weighted by molar-refractivity contribution is 7.98. The largest absolute Gasteiger partial charge is 0.482 e. The summed E-state index contributed by atoms with van der Waals surface area (Å²) < 4.78 is 9.98. The van der Waals surface area contributed by atoms with Crippen LogP contribution in [0.15, 0.2) is 29.2 Å². The van der Waals surface area contributed by atoms with E-state index in [1.165, 1.54) is 4.90 Å². The zero-order chi connectivity index (χ0) is 11.1. The van der Waals surface area contributed by atoms with Crippen molar-refractivity contribution in [2.24, 2.45) is 0 Å². The van der Waals surface area contributed by atoms with Gasteiger partial charge in [0, 0.05) is 4.90 Å². The summed E-state index contributed by atoms with van der Waals surface area (Å²) in [6.07, 6.45) is 2.01. The van der Waals surface area contributed by atoms with Gasteiger partial charge in [-0.1, -0.05) is 0 Å². The molecule has 0 unspecified atom stereocenters. The van der Waals surface area contributed by atoms with Crippen LogP contribution >= 0.6 is 11.8 Å². The van der Waals surface area contributed by atoms with Crippen LogP contribution in [0.1, 0.15) is 6.92 Å². The van der Waals surface area contributed by atoms with Gasteiger partial charge in [0.15, 0.2) is 6.61 Å². The molecule has 0 aliphatic heterocycles. The molecule has 0 fully saturated rings. The highest BCUT2D eigenvalue weighted by Gasteiger charge is 2.02. The zero-order valence-corrected chi connectivity index (χ0v) is 9.67. The lowest BCUT2D eigenvalue weighted by molar-refractivity contribution is -0.145. The van der Waals surface area contributed by atoms with Crippen LogP contribution in [0.5, 0.6) is 5.75 Å². The lowest BCUT2D eigenvalue weighted by atomic mass is 10.3. The molecule has 1 aromatic carbocycles.